The number of halogens is 1. The SMILES string of the molecule is CCc1oc(C(=O)OC)cc1S(=O)(=O)N1CCCNCC1.Cl. The zero-order chi connectivity index (χ0) is 15.5. The summed E-state index contributed by atoms with van der Waals surface area (Å²) in [7, 11) is -2.43. The van der Waals surface area contributed by atoms with E-state index in [0.29, 0.717) is 26.1 Å². The third kappa shape index (κ3) is 3.81. The number of nitrogens with one attached hydrogen (secondary N) is 1. The predicted octanol–water partition coefficient (Wildman–Crippen LogP) is 1.03. The van der Waals surface area contributed by atoms with Crippen LogP contribution in [0.2, 0.25) is 0 Å². The standard InChI is InChI=1S/C13H20N2O5S.ClH/c1-3-10-12(9-11(20-10)13(16)19-2)21(17,18)15-7-4-5-14-6-8-15;/h9,14H,3-8H2,1-2H3;1H. The maximum absolute atomic E-state index is 12.7. The fourth-order valence-electron chi connectivity index (χ4n) is 2.28. The van der Waals surface area contributed by atoms with Crippen LogP contribution in [0.1, 0.15) is 29.7 Å². The Labute approximate surface area is 136 Å². The summed E-state index contributed by atoms with van der Waals surface area (Å²) >= 11 is 0. The lowest BCUT2D eigenvalue weighted by atomic mass is 10.3. The highest BCUT2D eigenvalue weighted by Crippen LogP contribution is 2.25. The van der Waals surface area contributed by atoms with Crippen molar-refractivity contribution in [2.45, 2.75) is 24.7 Å². The van der Waals surface area contributed by atoms with Crippen molar-refractivity contribution in [1.29, 1.82) is 0 Å². The molecule has 0 radical (unpaired) electrons. The first-order chi connectivity index (χ1) is 10.0. The lowest BCUT2D eigenvalue weighted by Gasteiger charge is -2.19. The number of aryl methyl sites for hydroxylation is 1. The molecule has 126 valence electrons. The summed E-state index contributed by atoms with van der Waals surface area (Å²) in [6.07, 6.45) is 1.14. The van der Waals surface area contributed by atoms with Gasteiger partial charge in [0, 0.05) is 32.1 Å². The van der Waals surface area contributed by atoms with Gasteiger partial charge in [-0.2, -0.15) is 4.31 Å². The number of hydrogen-bond acceptors (Lipinski definition) is 6. The molecule has 1 N–H and O–H groups in total. The fourth-order valence-corrected chi connectivity index (χ4v) is 3.99. The molecule has 22 heavy (non-hydrogen) atoms. The van der Waals surface area contributed by atoms with Crippen LogP contribution in [-0.4, -0.2) is 52.0 Å². The zero-order valence-electron chi connectivity index (χ0n) is 12.6. The van der Waals surface area contributed by atoms with Gasteiger partial charge in [-0.05, 0) is 13.0 Å². The van der Waals surface area contributed by atoms with Crippen LogP contribution in [0.5, 0.6) is 0 Å². The second kappa shape index (κ2) is 7.96. The van der Waals surface area contributed by atoms with Gasteiger partial charge in [0.1, 0.15) is 10.7 Å². The van der Waals surface area contributed by atoms with E-state index in [-0.39, 0.29) is 28.8 Å². The highest BCUT2D eigenvalue weighted by Gasteiger charge is 2.31. The van der Waals surface area contributed by atoms with E-state index in [2.05, 4.69) is 10.1 Å². The first kappa shape index (κ1) is 19.0. The molecular formula is C13H21ClN2O5S. The van der Waals surface area contributed by atoms with E-state index in [1.807, 2.05) is 0 Å². The molecule has 1 aromatic rings. The van der Waals surface area contributed by atoms with E-state index in [1.54, 1.807) is 6.92 Å². The van der Waals surface area contributed by atoms with E-state index in [9.17, 15) is 13.2 Å². The highest BCUT2D eigenvalue weighted by molar-refractivity contribution is 7.89. The number of hydrogen-bond donors (Lipinski definition) is 1. The Hall–Kier alpha value is -1.09. The summed E-state index contributed by atoms with van der Waals surface area (Å²) in [5.41, 5.74) is 0. The zero-order valence-corrected chi connectivity index (χ0v) is 14.3. The Morgan fingerprint density at radius 1 is 1.41 bits per heavy atom. The number of sulfonamides is 1. The average Bonchev–Trinajstić information content (AvgIpc) is 2.73. The van der Waals surface area contributed by atoms with Gasteiger partial charge in [0.25, 0.3) is 0 Å². The van der Waals surface area contributed by atoms with Crippen molar-refractivity contribution in [3.8, 4) is 0 Å². The second-order valence-corrected chi connectivity index (χ2v) is 6.66. The van der Waals surface area contributed by atoms with Crippen LogP contribution < -0.4 is 5.32 Å². The lowest BCUT2D eigenvalue weighted by Crippen LogP contribution is -2.34. The van der Waals surface area contributed by atoms with Crippen molar-refractivity contribution < 1.29 is 22.4 Å². The molecule has 7 nitrogen and oxygen atoms in total. The Bertz CT molecular complexity index is 606. The normalized spacial score (nSPS) is 16.6. The van der Waals surface area contributed by atoms with Crippen LogP contribution in [0.3, 0.4) is 0 Å². The lowest BCUT2D eigenvalue weighted by molar-refractivity contribution is 0.0563. The number of rotatable bonds is 4. The summed E-state index contributed by atoms with van der Waals surface area (Å²) in [6, 6.07) is 1.26. The molecule has 0 aliphatic carbocycles. The number of methoxy groups -OCH3 is 1. The first-order valence-corrected chi connectivity index (χ1v) is 8.36. The molecule has 0 spiro atoms. The van der Waals surface area contributed by atoms with Gasteiger partial charge in [0.15, 0.2) is 0 Å². The van der Waals surface area contributed by atoms with Crippen LogP contribution in [0.15, 0.2) is 15.4 Å². The van der Waals surface area contributed by atoms with Gasteiger partial charge in [0.05, 0.1) is 7.11 Å². The van der Waals surface area contributed by atoms with Crippen LogP contribution in [-0.2, 0) is 21.2 Å². The van der Waals surface area contributed by atoms with Gasteiger partial charge in [-0.15, -0.1) is 12.4 Å². The summed E-state index contributed by atoms with van der Waals surface area (Å²) in [5, 5.41) is 3.16. The first-order valence-electron chi connectivity index (χ1n) is 6.92. The van der Waals surface area contributed by atoms with Gasteiger partial charge in [-0.3, -0.25) is 0 Å². The highest BCUT2D eigenvalue weighted by atomic mass is 35.5. The summed E-state index contributed by atoms with van der Waals surface area (Å²) in [4.78, 5) is 11.6. The van der Waals surface area contributed by atoms with Crippen molar-refractivity contribution in [1.82, 2.24) is 9.62 Å². The predicted molar refractivity (Wildman–Crippen MR) is 82.9 cm³/mol. The quantitative estimate of drug-likeness (QED) is 0.814. The number of ether oxygens (including phenoxy) is 1. The molecule has 0 atom stereocenters. The number of carbonyl (C=O) groups excluding carboxylic acids is 1. The smallest absolute Gasteiger partial charge is 0.373 e. The van der Waals surface area contributed by atoms with Crippen molar-refractivity contribution >= 4 is 28.4 Å². The fraction of sp³-hybridized carbons (Fsp3) is 0.615. The Kier molecular flexibility index (Phi) is 6.86. The summed E-state index contributed by atoms with van der Waals surface area (Å²) < 4.78 is 36.8. The minimum atomic E-state index is -3.66. The molecular weight excluding hydrogens is 332 g/mol. The largest absolute Gasteiger partial charge is 0.463 e. The van der Waals surface area contributed by atoms with E-state index in [1.165, 1.54) is 17.5 Å². The molecule has 0 saturated carbocycles. The Balaban J connectivity index is 0.00000242. The Morgan fingerprint density at radius 2 is 2.14 bits per heavy atom. The molecule has 1 aliphatic heterocycles. The van der Waals surface area contributed by atoms with E-state index in [4.69, 9.17) is 4.42 Å². The minimum Gasteiger partial charge on any atom is -0.463 e. The van der Waals surface area contributed by atoms with Crippen LogP contribution in [0.4, 0.5) is 0 Å². The van der Waals surface area contributed by atoms with Gasteiger partial charge < -0.3 is 14.5 Å². The van der Waals surface area contributed by atoms with Crippen LogP contribution in [0, 0.1) is 0 Å². The van der Waals surface area contributed by atoms with Gasteiger partial charge in [0.2, 0.25) is 15.8 Å². The Morgan fingerprint density at radius 3 is 2.77 bits per heavy atom. The number of nitrogens with zero attached hydrogens (tertiary/aromatic N) is 1. The maximum Gasteiger partial charge on any atom is 0.373 e. The monoisotopic (exact) mass is 352 g/mol. The molecule has 0 bridgehead atoms. The van der Waals surface area contributed by atoms with Gasteiger partial charge in [-0.1, -0.05) is 6.92 Å². The van der Waals surface area contributed by atoms with Crippen LogP contribution >= 0.6 is 12.4 Å². The van der Waals surface area contributed by atoms with Gasteiger partial charge >= 0.3 is 5.97 Å². The molecule has 1 saturated heterocycles. The average molecular weight is 353 g/mol. The van der Waals surface area contributed by atoms with Crippen molar-refractivity contribution in [3.05, 3.63) is 17.6 Å². The third-order valence-corrected chi connectivity index (χ3v) is 5.34. The number of carbonyl (C=O) groups is 1. The molecule has 1 aromatic heterocycles. The van der Waals surface area contributed by atoms with E-state index in [0.717, 1.165) is 13.0 Å². The third-order valence-electron chi connectivity index (χ3n) is 3.39. The summed E-state index contributed by atoms with van der Waals surface area (Å²) in [5.74, 6) is -0.475. The van der Waals surface area contributed by atoms with E-state index < -0.39 is 16.0 Å². The molecule has 9 heteroatoms. The molecule has 0 aromatic carbocycles. The van der Waals surface area contributed by atoms with Crippen molar-refractivity contribution in [3.63, 3.8) is 0 Å². The summed E-state index contributed by atoms with van der Waals surface area (Å²) in [6.45, 7) is 4.05. The molecule has 1 fully saturated rings. The molecule has 1 aliphatic rings. The number of furan rings is 1. The topological polar surface area (TPSA) is 88.8 Å². The van der Waals surface area contributed by atoms with Gasteiger partial charge in [-0.25, -0.2) is 13.2 Å². The minimum absolute atomic E-state index is 0. The molecule has 2 rings (SSSR count). The van der Waals surface area contributed by atoms with E-state index >= 15 is 0 Å². The van der Waals surface area contributed by atoms with Crippen molar-refractivity contribution in [2.24, 2.45) is 0 Å². The van der Waals surface area contributed by atoms with Crippen molar-refractivity contribution in [2.75, 3.05) is 33.3 Å². The number of esters is 1. The second-order valence-electron chi connectivity index (χ2n) is 4.75. The molecule has 0 amide bonds. The molecule has 0 unspecified atom stereocenters. The maximum atomic E-state index is 12.7. The van der Waals surface area contributed by atoms with Crippen LogP contribution in [0.25, 0.3) is 0 Å². The molecule has 2 heterocycles.